The number of quaternary nitrogens is 1. The normalized spacial score (nSPS) is 13.6. The maximum Gasteiger partial charge on any atom is 0.275 e. The van der Waals surface area contributed by atoms with E-state index in [9.17, 15) is 14.7 Å². The highest BCUT2D eigenvalue weighted by Gasteiger charge is 2.28. The summed E-state index contributed by atoms with van der Waals surface area (Å²) < 4.78 is 17.8. The highest BCUT2D eigenvalue weighted by Crippen LogP contribution is 2.43. The van der Waals surface area contributed by atoms with Crippen LogP contribution < -0.4 is 36.5 Å². The summed E-state index contributed by atoms with van der Waals surface area (Å²) in [6.45, 7) is 8.46. The SMILES string of the molecule is CCCCNC(=O)C[N+](C)(C)CCCOc1ccc(/C=C/C(=O)c2c(OC)cc3c(c2O)C=CC(C)(C)O3)cc1.[Br-]. The summed E-state index contributed by atoms with van der Waals surface area (Å²) in [5, 5.41) is 13.8. The second kappa shape index (κ2) is 15.1. The van der Waals surface area contributed by atoms with E-state index in [-0.39, 0.29) is 45.7 Å². The van der Waals surface area contributed by atoms with Gasteiger partial charge in [-0.15, -0.1) is 0 Å². The van der Waals surface area contributed by atoms with Crippen LogP contribution in [0.25, 0.3) is 12.2 Å². The molecule has 9 heteroatoms. The van der Waals surface area contributed by atoms with Gasteiger partial charge in [0.05, 0.1) is 39.9 Å². The molecule has 224 valence electrons. The number of phenolic OH excluding ortho intramolecular Hbond substituents is 1. The highest BCUT2D eigenvalue weighted by molar-refractivity contribution is 6.11. The quantitative estimate of drug-likeness (QED) is 0.144. The molecule has 2 aromatic rings. The van der Waals surface area contributed by atoms with Crippen molar-refractivity contribution >= 4 is 23.8 Å². The number of unbranched alkanes of at least 4 members (excludes halogenated alkanes) is 1. The number of fused-ring (bicyclic) bond motifs is 1. The largest absolute Gasteiger partial charge is 1.00 e. The number of benzene rings is 2. The Morgan fingerprint density at radius 2 is 1.85 bits per heavy atom. The smallest absolute Gasteiger partial charge is 0.275 e. The molecular formula is C32H43BrN2O6. The molecule has 1 amide bonds. The minimum absolute atomic E-state index is 0. The zero-order chi connectivity index (χ0) is 29.3. The first kappa shape index (κ1) is 33.9. The van der Waals surface area contributed by atoms with Crippen LogP contribution in [0.5, 0.6) is 23.0 Å². The summed E-state index contributed by atoms with van der Waals surface area (Å²) >= 11 is 0. The number of nitrogens with one attached hydrogen (secondary N) is 1. The third-order valence-electron chi connectivity index (χ3n) is 6.66. The predicted octanol–water partition coefficient (Wildman–Crippen LogP) is 2.25. The number of halogens is 1. The van der Waals surface area contributed by atoms with Gasteiger partial charge in [-0.25, -0.2) is 0 Å². The standard InChI is InChI=1S/C32H42N2O6.BrH/c1-7-8-18-33-29(36)22-34(4,5)19-9-20-39-24-13-10-23(11-14-24)12-15-26(35)30-28(38-6)21-27-25(31(30)37)16-17-32(2,3)40-27;/h10-17,21H,7-9,18-20,22H2,1-6H3,(H-,33,35,36,37);1H/b15-12+;. The Hall–Kier alpha value is -3.30. The van der Waals surface area contributed by atoms with E-state index in [0.29, 0.717) is 28.9 Å². The minimum atomic E-state index is -0.521. The molecule has 1 heterocycles. The molecule has 0 spiro atoms. The fourth-order valence-electron chi connectivity index (χ4n) is 4.42. The van der Waals surface area contributed by atoms with E-state index in [1.807, 2.05) is 58.3 Å². The summed E-state index contributed by atoms with van der Waals surface area (Å²) in [4.78, 5) is 25.2. The Labute approximate surface area is 254 Å². The van der Waals surface area contributed by atoms with Crippen molar-refractivity contribution in [3.63, 3.8) is 0 Å². The van der Waals surface area contributed by atoms with E-state index in [4.69, 9.17) is 14.2 Å². The maximum absolute atomic E-state index is 13.0. The summed E-state index contributed by atoms with van der Waals surface area (Å²) in [5.41, 5.74) is 0.836. The number of amides is 1. The Morgan fingerprint density at radius 1 is 1.15 bits per heavy atom. The van der Waals surface area contributed by atoms with E-state index in [0.717, 1.165) is 43.7 Å². The van der Waals surface area contributed by atoms with Crippen LogP contribution in [-0.4, -0.2) is 74.3 Å². The molecule has 0 saturated carbocycles. The number of ether oxygens (including phenoxy) is 3. The molecule has 1 aliphatic rings. The van der Waals surface area contributed by atoms with Gasteiger partial charge in [-0.05, 0) is 56.2 Å². The van der Waals surface area contributed by atoms with Gasteiger partial charge in [0.25, 0.3) is 5.91 Å². The Bertz CT molecular complexity index is 1250. The van der Waals surface area contributed by atoms with Crippen LogP contribution in [0.3, 0.4) is 0 Å². The van der Waals surface area contributed by atoms with E-state index < -0.39 is 5.60 Å². The molecule has 0 aromatic heterocycles. The van der Waals surface area contributed by atoms with Gasteiger partial charge < -0.3 is 46.1 Å². The molecule has 0 unspecified atom stereocenters. The van der Waals surface area contributed by atoms with Gasteiger partial charge in [-0.1, -0.05) is 31.6 Å². The van der Waals surface area contributed by atoms with Crippen molar-refractivity contribution in [2.24, 2.45) is 0 Å². The molecule has 0 fully saturated rings. The van der Waals surface area contributed by atoms with E-state index >= 15 is 0 Å². The van der Waals surface area contributed by atoms with Gasteiger partial charge in [0.2, 0.25) is 0 Å². The lowest BCUT2D eigenvalue weighted by molar-refractivity contribution is -0.882. The molecule has 0 radical (unpaired) electrons. The maximum atomic E-state index is 13.0. The Kier molecular flexibility index (Phi) is 12.5. The number of carbonyl (C=O) groups excluding carboxylic acids is 2. The fraction of sp³-hybridized carbons (Fsp3) is 0.438. The lowest BCUT2D eigenvalue weighted by Crippen LogP contribution is -3.00. The van der Waals surface area contributed by atoms with Crippen molar-refractivity contribution in [2.45, 2.75) is 45.6 Å². The summed E-state index contributed by atoms with van der Waals surface area (Å²) in [6, 6.07) is 9.07. The van der Waals surface area contributed by atoms with E-state index in [1.165, 1.54) is 13.2 Å². The zero-order valence-corrected chi connectivity index (χ0v) is 26.5. The van der Waals surface area contributed by atoms with Crippen molar-refractivity contribution in [1.82, 2.24) is 5.32 Å². The number of methoxy groups -OCH3 is 1. The van der Waals surface area contributed by atoms with Crippen LogP contribution in [0.15, 0.2) is 42.5 Å². The third kappa shape index (κ3) is 9.93. The average Bonchev–Trinajstić information content (AvgIpc) is 2.89. The number of ketones is 1. The zero-order valence-electron chi connectivity index (χ0n) is 25.0. The average molecular weight is 632 g/mol. The van der Waals surface area contributed by atoms with Gasteiger partial charge in [0, 0.05) is 19.0 Å². The lowest BCUT2D eigenvalue weighted by atomic mass is 9.97. The minimum Gasteiger partial charge on any atom is -1.00 e. The van der Waals surface area contributed by atoms with Crippen molar-refractivity contribution in [3.05, 3.63) is 59.2 Å². The molecule has 2 N–H and O–H groups in total. The highest BCUT2D eigenvalue weighted by atomic mass is 79.9. The Morgan fingerprint density at radius 3 is 2.51 bits per heavy atom. The number of hydrogen-bond donors (Lipinski definition) is 2. The molecular weight excluding hydrogens is 588 g/mol. The summed E-state index contributed by atoms with van der Waals surface area (Å²) in [5.74, 6) is 0.980. The molecule has 0 aliphatic carbocycles. The van der Waals surface area contributed by atoms with Crippen LogP contribution in [-0.2, 0) is 4.79 Å². The number of phenols is 1. The van der Waals surface area contributed by atoms with Crippen LogP contribution in [0.1, 0.15) is 61.5 Å². The first-order valence-electron chi connectivity index (χ1n) is 13.8. The molecule has 1 aliphatic heterocycles. The summed E-state index contributed by atoms with van der Waals surface area (Å²) in [6.07, 6.45) is 9.57. The second-order valence-corrected chi connectivity index (χ2v) is 11.2. The third-order valence-corrected chi connectivity index (χ3v) is 6.66. The molecule has 2 aromatic carbocycles. The molecule has 3 rings (SSSR count). The van der Waals surface area contributed by atoms with Crippen molar-refractivity contribution in [3.8, 4) is 23.0 Å². The molecule has 0 bridgehead atoms. The molecule has 8 nitrogen and oxygen atoms in total. The first-order valence-corrected chi connectivity index (χ1v) is 13.8. The van der Waals surface area contributed by atoms with E-state index in [1.54, 1.807) is 18.2 Å². The second-order valence-electron chi connectivity index (χ2n) is 11.2. The van der Waals surface area contributed by atoms with Crippen LogP contribution in [0.2, 0.25) is 0 Å². The van der Waals surface area contributed by atoms with E-state index in [2.05, 4.69) is 12.2 Å². The van der Waals surface area contributed by atoms with Crippen molar-refractivity contribution in [2.75, 3.05) is 47.4 Å². The van der Waals surface area contributed by atoms with Crippen molar-refractivity contribution in [1.29, 1.82) is 0 Å². The van der Waals surface area contributed by atoms with Gasteiger partial charge >= 0.3 is 0 Å². The van der Waals surface area contributed by atoms with Crippen LogP contribution in [0, 0.1) is 0 Å². The first-order chi connectivity index (χ1) is 18.9. The van der Waals surface area contributed by atoms with Crippen LogP contribution in [0.4, 0.5) is 0 Å². The van der Waals surface area contributed by atoms with Gasteiger partial charge in [0.15, 0.2) is 12.3 Å². The number of hydrogen-bond acceptors (Lipinski definition) is 6. The Balaban J connectivity index is 0.00000588. The number of likely N-dealkylation sites (N-methyl/N-ethyl adjacent to an activating group) is 1. The van der Waals surface area contributed by atoms with Crippen molar-refractivity contribution < 1.29 is 50.4 Å². The fourth-order valence-corrected chi connectivity index (χ4v) is 4.42. The number of nitrogens with zero attached hydrogens (tertiary/aromatic N) is 1. The number of carbonyl (C=O) groups is 2. The van der Waals surface area contributed by atoms with Gasteiger partial charge in [0.1, 0.15) is 34.2 Å². The summed E-state index contributed by atoms with van der Waals surface area (Å²) in [7, 11) is 5.55. The van der Waals surface area contributed by atoms with Gasteiger partial charge in [-0.2, -0.15) is 0 Å². The lowest BCUT2D eigenvalue weighted by Gasteiger charge is -2.29. The molecule has 0 atom stereocenters. The topological polar surface area (TPSA) is 94.1 Å². The number of aromatic hydroxyl groups is 1. The number of rotatable bonds is 14. The van der Waals surface area contributed by atoms with Gasteiger partial charge in [-0.3, -0.25) is 9.59 Å². The molecule has 0 saturated heterocycles. The monoisotopic (exact) mass is 630 g/mol. The van der Waals surface area contributed by atoms with Crippen LogP contribution >= 0.6 is 0 Å². The number of allylic oxidation sites excluding steroid dienone is 1. The predicted molar refractivity (Wildman–Crippen MR) is 158 cm³/mol. The molecule has 41 heavy (non-hydrogen) atoms.